The number of nitrogens with zero attached hydrogens (tertiary/aromatic N) is 1. The molecule has 2 rings (SSSR count). The number of esters is 1. The van der Waals surface area contributed by atoms with Gasteiger partial charge in [0.15, 0.2) is 6.61 Å². The molecule has 1 heterocycles. The van der Waals surface area contributed by atoms with Gasteiger partial charge in [-0.1, -0.05) is 26.7 Å². The molecule has 21 heavy (non-hydrogen) atoms. The fourth-order valence-electron chi connectivity index (χ4n) is 2.73. The molecule has 1 aliphatic rings. The maximum Gasteiger partial charge on any atom is 0.340 e. The maximum atomic E-state index is 11.9. The predicted octanol–water partition coefficient (Wildman–Crippen LogP) is 2.18. The Morgan fingerprint density at radius 1 is 1.38 bits per heavy atom. The molecular weight excluding hydrogens is 268 g/mol. The van der Waals surface area contributed by atoms with Crippen LogP contribution in [0.4, 0.5) is 0 Å². The third kappa shape index (κ3) is 4.28. The number of aromatic nitrogens is 1. The lowest BCUT2D eigenvalue weighted by molar-refractivity contribution is -0.125. The summed E-state index contributed by atoms with van der Waals surface area (Å²) < 4.78 is 5.00. The number of hydrogen-bond donors (Lipinski definition) is 1. The highest BCUT2D eigenvalue weighted by Gasteiger charge is 2.28. The molecule has 114 valence electrons. The summed E-state index contributed by atoms with van der Waals surface area (Å²) in [5, 5.41) is 2.97. The molecule has 1 fully saturated rings. The zero-order valence-electron chi connectivity index (χ0n) is 12.5. The van der Waals surface area contributed by atoms with Gasteiger partial charge in [-0.25, -0.2) is 4.79 Å². The Morgan fingerprint density at radius 2 is 2.19 bits per heavy atom. The number of hydrogen-bond acceptors (Lipinski definition) is 4. The average molecular weight is 290 g/mol. The molecule has 1 saturated carbocycles. The number of nitrogens with one attached hydrogen (secondary N) is 1. The van der Waals surface area contributed by atoms with E-state index in [0.717, 1.165) is 12.8 Å². The highest BCUT2D eigenvalue weighted by molar-refractivity contribution is 5.90. The minimum Gasteiger partial charge on any atom is -0.452 e. The molecule has 1 aromatic heterocycles. The van der Waals surface area contributed by atoms with Gasteiger partial charge >= 0.3 is 5.97 Å². The molecule has 0 saturated heterocycles. The van der Waals surface area contributed by atoms with E-state index in [9.17, 15) is 9.59 Å². The quantitative estimate of drug-likeness (QED) is 0.863. The first-order valence-corrected chi connectivity index (χ1v) is 7.44. The van der Waals surface area contributed by atoms with Crippen molar-refractivity contribution in [2.24, 2.45) is 11.8 Å². The van der Waals surface area contributed by atoms with Crippen molar-refractivity contribution < 1.29 is 14.3 Å². The van der Waals surface area contributed by atoms with Crippen LogP contribution in [0.15, 0.2) is 24.5 Å². The fraction of sp³-hybridized carbons (Fsp3) is 0.562. The highest BCUT2D eigenvalue weighted by atomic mass is 16.5. The second kappa shape index (κ2) is 7.20. The molecule has 0 radical (unpaired) electrons. The summed E-state index contributed by atoms with van der Waals surface area (Å²) in [4.78, 5) is 27.5. The van der Waals surface area contributed by atoms with Crippen LogP contribution in [0.5, 0.6) is 0 Å². The molecule has 0 bridgehead atoms. The molecule has 0 spiro atoms. The van der Waals surface area contributed by atoms with Gasteiger partial charge in [-0.2, -0.15) is 0 Å². The van der Waals surface area contributed by atoms with E-state index in [0.29, 0.717) is 17.4 Å². The molecule has 1 aromatic rings. The van der Waals surface area contributed by atoms with Crippen molar-refractivity contribution in [3.05, 3.63) is 30.1 Å². The topological polar surface area (TPSA) is 68.3 Å². The normalized spacial score (nSPS) is 25.1. The third-order valence-corrected chi connectivity index (χ3v) is 4.28. The monoisotopic (exact) mass is 290 g/mol. The number of carbonyl (C=O) groups is 2. The lowest BCUT2D eigenvalue weighted by atomic mass is 9.78. The summed E-state index contributed by atoms with van der Waals surface area (Å²) in [5.74, 6) is 0.306. The molecule has 5 nitrogen and oxygen atoms in total. The van der Waals surface area contributed by atoms with Crippen LogP contribution in [0.2, 0.25) is 0 Å². The Morgan fingerprint density at radius 3 is 2.90 bits per heavy atom. The van der Waals surface area contributed by atoms with Crippen molar-refractivity contribution in [3.63, 3.8) is 0 Å². The molecule has 0 aliphatic heterocycles. The first kappa shape index (κ1) is 15.5. The van der Waals surface area contributed by atoms with Gasteiger partial charge in [-0.05, 0) is 30.4 Å². The Bertz CT molecular complexity index is 490. The number of pyridine rings is 1. The van der Waals surface area contributed by atoms with Gasteiger partial charge in [0.1, 0.15) is 0 Å². The van der Waals surface area contributed by atoms with Crippen LogP contribution in [0.3, 0.4) is 0 Å². The largest absolute Gasteiger partial charge is 0.452 e. The smallest absolute Gasteiger partial charge is 0.340 e. The SMILES string of the molecule is C[C@@H]1[C@@H](C)CCC[C@H]1NC(=O)COC(=O)c1cccnc1. The van der Waals surface area contributed by atoms with Crippen LogP contribution < -0.4 is 5.32 Å². The minimum atomic E-state index is -0.525. The number of rotatable bonds is 4. The fourth-order valence-corrected chi connectivity index (χ4v) is 2.73. The second-order valence-corrected chi connectivity index (χ2v) is 5.76. The third-order valence-electron chi connectivity index (χ3n) is 4.28. The molecule has 0 unspecified atom stereocenters. The second-order valence-electron chi connectivity index (χ2n) is 5.76. The van der Waals surface area contributed by atoms with E-state index in [1.807, 2.05) is 0 Å². The van der Waals surface area contributed by atoms with Gasteiger partial charge < -0.3 is 10.1 Å². The van der Waals surface area contributed by atoms with Crippen LogP contribution in [-0.2, 0) is 9.53 Å². The van der Waals surface area contributed by atoms with E-state index >= 15 is 0 Å². The number of amides is 1. The molecule has 5 heteroatoms. The summed E-state index contributed by atoms with van der Waals surface area (Å²) in [6.07, 6.45) is 6.34. The van der Waals surface area contributed by atoms with Crippen LogP contribution in [0, 0.1) is 11.8 Å². The Kier molecular flexibility index (Phi) is 5.31. The summed E-state index contributed by atoms with van der Waals surface area (Å²) in [5.41, 5.74) is 0.352. The Hall–Kier alpha value is -1.91. The van der Waals surface area contributed by atoms with Crippen LogP contribution in [0.25, 0.3) is 0 Å². The van der Waals surface area contributed by atoms with Gasteiger partial charge in [-0.3, -0.25) is 9.78 Å². The lowest BCUT2D eigenvalue weighted by Gasteiger charge is -2.34. The molecule has 1 amide bonds. The number of carbonyl (C=O) groups excluding carboxylic acids is 2. The van der Waals surface area contributed by atoms with Gasteiger partial charge in [0, 0.05) is 18.4 Å². The first-order valence-electron chi connectivity index (χ1n) is 7.44. The predicted molar refractivity (Wildman–Crippen MR) is 78.6 cm³/mol. The van der Waals surface area contributed by atoms with Gasteiger partial charge in [0.25, 0.3) is 5.91 Å². The van der Waals surface area contributed by atoms with Crippen molar-refractivity contribution in [1.29, 1.82) is 0 Å². The standard InChI is InChI=1S/C16H22N2O3/c1-11-5-3-7-14(12(11)2)18-15(19)10-21-16(20)13-6-4-8-17-9-13/h4,6,8-9,11-12,14H,3,5,7,10H2,1-2H3,(H,18,19)/t11-,12+,14+/m0/s1. The summed E-state index contributed by atoms with van der Waals surface area (Å²) >= 11 is 0. The summed E-state index contributed by atoms with van der Waals surface area (Å²) in [6, 6.07) is 3.44. The van der Waals surface area contributed by atoms with E-state index in [-0.39, 0.29) is 18.6 Å². The van der Waals surface area contributed by atoms with Gasteiger partial charge in [-0.15, -0.1) is 0 Å². The zero-order chi connectivity index (χ0) is 15.2. The van der Waals surface area contributed by atoms with E-state index in [2.05, 4.69) is 24.1 Å². The molecular formula is C16H22N2O3. The van der Waals surface area contributed by atoms with Crippen LogP contribution in [-0.4, -0.2) is 29.5 Å². The van der Waals surface area contributed by atoms with E-state index in [1.165, 1.54) is 12.6 Å². The molecule has 1 aliphatic carbocycles. The molecule has 3 atom stereocenters. The minimum absolute atomic E-state index is 0.179. The maximum absolute atomic E-state index is 11.9. The van der Waals surface area contributed by atoms with Crippen molar-refractivity contribution in [2.45, 2.75) is 39.2 Å². The van der Waals surface area contributed by atoms with Crippen molar-refractivity contribution in [1.82, 2.24) is 10.3 Å². The van der Waals surface area contributed by atoms with Gasteiger partial charge in [0.2, 0.25) is 0 Å². The van der Waals surface area contributed by atoms with Gasteiger partial charge in [0.05, 0.1) is 5.56 Å². The summed E-state index contributed by atoms with van der Waals surface area (Å²) in [6.45, 7) is 4.13. The van der Waals surface area contributed by atoms with E-state index in [4.69, 9.17) is 4.74 Å². The van der Waals surface area contributed by atoms with E-state index < -0.39 is 5.97 Å². The Labute approximate surface area is 125 Å². The number of ether oxygens (including phenoxy) is 1. The molecule has 0 aromatic carbocycles. The van der Waals surface area contributed by atoms with Crippen molar-refractivity contribution in [2.75, 3.05) is 6.61 Å². The van der Waals surface area contributed by atoms with Crippen LogP contribution >= 0.6 is 0 Å². The van der Waals surface area contributed by atoms with Crippen molar-refractivity contribution in [3.8, 4) is 0 Å². The van der Waals surface area contributed by atoms with E-state index in [1.54, 1.807) is 18.3 Å². The summed E-state index contributed by atoms with van der Waals surface area (Å²) in [7, 11) is 0. The molecule has 1 N–H and O–H groups in total. The average Bonchev–Trinajstić information content (AvgIpc) is 2.50. The van der Waals surface area contributed by atoms with Crippen LogP contribution in [0.1, 0.15) is 43.5 Å². The lowest BCUT2D eigenvalue weighted by Crippen LogP contribution is -2.45. The first-order chi connectivity index (χ1) is 10.1. The highest BCUT2D eigenvalue weighted by Crippen LogP contribution is 2.29. The van der Waals surface area contributed by atoms with Crippen molar-refractivity contribution >= 4 is 11.9 Å². The zero-order valence-corrected chi connectivity index (χ0v) is 12.5. The Balaban J connectivity index is 1.78.